The van der Waals surface area contributed by atoms with Gasteiger partial charge in [-0.1, -0.05) is 60.7 Å². The fourth-order valence-corrected chi connectivity index (χ4v) is 3.39. The topological polar surface area (TPSA) is 63.9 Å². The summed E-state index contributed by atoms with van der Waals surface area (Å²) in [5.74, 6) is -0.351. The van der Waals surface area contributed by atoms with Crippen LogP contribution in [0, 0.1) is 0 Å². The Balaban J connectivity index is 1.99. The summed E-state index contributed by atoms with van der Waals surface area (Å²) in [4.78, 5) is 1.65. The van der Waals surface area contributed by atoms with Gasteiger partial charge < -0.3 is 15.3 Å². The molecule has 2 aromatic carbocycles. The first kappa shape index (κ1) is 15.2. The van der Waals surface area contributed by atoms with Crippen molar-refractivity contribution in [3.8, 4) is 0 Å². The van der Waals surface area contributed by atoms with Crippen LogP contribution in [0.25, 0.3) is 0 Å². The standard InChI is InChI=1S/C18H21NO3/c1-19-15(16(20)13-10-6-3-7-11-13)14(17(21)18(19)22)12-8-4-2-5-9-12/h2-11,14-18,20-22H,1H3/t14-,15-,16-,17+,18?/m1/s1. The van der Waals surface area contributed by atoms with Gasteiger partial charge in [0.05, 0.1) is 12.1 Å². The highest BCUT2D eigenvalue weighted by Gasteiger charge is 2.49. The van der Waals surface area contributed by atoms with Crippen molar-refractivity contribution in [1.29, 1.82) is 0 Å². The maximum Gasteiger partial charge on any atom is 0.134 e. The normalized spacial score (nSPS) is 30.4. The first-order chi connectivity index (χ1) is 10.6. The molecule has 0 radical (unpaired) electrons. The molecule has 0 bridgehead atoms. The van der Waals surface area contributed by atoms with Crippen LogP contribution in [0.4, 0.5) is 0 Å². The second-order valence-electron chi connectivity index (χ2n) is 5.85. The fraction of sp³-hybridized carbons (Fsp3) is 0.333. The van der Waals surface area contributed by atoms with E-state index >= 15 is 0 Å². The Hall–Kier alpha value is -1.72. The molecule has 0 spiro atoms. The molecule has 1 fully saturated rings. The number of aliphatic hydroxyl groups excluding tert-OH is 3. The fourth-order valence-electron chi connectivity index (χ4n) is 3.39. The second-order valence-corrected chi connectivity index (χ2v) is 5.85. The summed E-state index contributed by atoms with van der Waals surface area (Å²) >= 11 is 0. The molecule has 1 aliphatic heterocycles. The second kappa shape index (κ2) is 6.18. The average molecular weight is 299 g/mol. The van der Waals surface area contributed by atoms with Crippen LogP contribution in [0.3, 0.4) is 0 Å². The van der Waals surface area contributed by atoms with Crippen molar-refractivity contribution in [1.82, 2.24) is 4.90 Å². The molecular formula is C18H21NO3. The number of benzene rings is 2. The summed E-state index contributed by atoms with van der Waals surface area (Å²) in [6, 6.07) is 18.5. The Morgan fingerprint density at radius 2 is 1.45 bits per heavy atom. The minimum Gasteiger partial charge on any atom is -0.388 e. The molecule has 0 aliphatic carbocycles. The van der Waals surface area contributed by atoms with Crippen LogP contribution in [0.5, 0.6) is 0 Å². The van der Waals surface area contributed by atoms with E-state index in [0.29, 0.717) is 0 Å². The van der Waals surface area contributed by atoms with Crippen molar-refractivity contribution in [3.63, 3.8) is 0 Å². The Labute approximate surface area is 130 Å². The van der Waals surface area contributed by atoms with Crippen LogP contribution in [0.1, 0.15) is 23.1 Å². The molecule has 116 valence electrons. The SMILES string of the molecule is CN1C(O)[C@@H](O)[C@H](c2ccccc2)[C@@H]1[C@H](O)c1ccccc1. The van der Waals surface area contributed by atoms with Crippen LogP contribution in [0.2, 0.25) is 0 Å². The molecule has 3 N–H and O–H groups in total. The molecule has 2 aromatic rings. The highest BCUT2D eigenvalue weighted by Crippen LogP contribution is 2.41. The Bertz CT molecular complexity index is 604. The maximum absolute atomic E-state index is 10.8. The number of rotatable bonds is 3. The summed E-state index contributed by atoms with van der Waals surface area (Å²) < 4.78 is 0. The first-order valence-corrected chi connectivity index (χ1v) is 7.47. The third-order valence-electron chi connectivity index (χ3n) is 4.58. The zero-order valence-electron chi connectivity index (χ0n) is 12.4. The van der Waals surface area contributed by atoms with Crippen molar-refractivity contribution < 1.29 is 15.3 Å². The van der Waals surface area contributed by atoms with Gasteiger partial charge >= 0.3 is 0 Å². The van der Waals surface area contributed by atoms with Crippen molar-refractivity contribution in [2.24, 2.45) is 0 Å². The average Bonchev–Trinajstić information content (AvgIpc) is 2.80. The quantitative estimate of drug-likeness (QED) is 0.803. The molecule has 1 heterocycles. The molecule has 4 heteroatoms. The van der Waals surface area contributed by atoms with Crippen LogP contribution < -0.4 is 0 Å². The molecular weight excluding hydrogens is 278 g/mol. The highest BCUT2D eigenvalue weighted by molar-refractivity contribution is 5.29. The minimum absolute atomic E-state index is 0.351. The van der Waals surface area contributed by atoms with Crippen molar-refractivity contribution >= 4 is 0 Å². The van der Waals surface area contributed by atoms with E-state index in [0.717, 1.165) is 11.1 Å². The van der Waals surface area contributed by atoms with Crippen molar-refractivity contribution in [3.05, 3.63) is 71.8 Å². The largest absolute Gasteiger partial charge is 0.388 e. The molecule has 0 amide bonds. The number of aliphatic hydroxyl groups is 3. The lowest BCUT2D eigenvalue weighted by Gasteiger charge is -2.30. The van der Waals surface area contributed by atoms with Gasteiger partial charge in [0.25, 0.3) is 0 Å². The lowest BCUT2D eigenvalue weighted by atomic mass is 9.85. The number of likely N-dealkylation sites (N-methyl/N-ethyl adjacent to an activating group) is 1. The zero-order valence-corrected chi connectivity index (χ0v) is 12.4. The molecule has 4 nitrogen and oxygen atoms in total. The zero-order chi connectivity index (χ0) is 15.7. The third-order valence-corrected chi connectivity index (χ3v) is 4.58. The molecule has 3 rings (SSSR count). The van der Waals surface area contributed by atoms with E-state index in [1.165, 1.54) is 0 Å². The molecule has 22 heavy (non-hydrogen) atoms. The minimum atomic E-state index is -0.992. The first-order valence-electron chi connectivity index (χ1n) is 7.47. The van der Waals surface area contributed by atoms with E-state index in [9.17, 15) is 15.3 Å². The Morgan fingerprint density at radius 3 is 2.05 bits per heavy atom. The third kappa shape index (κ3) is 2.55. The summed E-state index contributed by atoms with van der Waals surface area (Å²) in [6.45, 7) is 0. The van der Waals surface area contributed by atoms with Gasteiger partial charge in [0.1, 0.15) is 12.3 Å². The molecule has 0 saturated carbocycles. The molecule has 0 aromatic heterocycles. The van der Waals surface area contributed by atoms with Gasteiger partial charge in [0.2, 0.25) is 0 Å². The Kier molecular flexibility index (Phi) is 4.27. The van der Waals surface area contributed by atoms with Gasteiger partial charge in [-0.3, -0.25) is 4.90 Å². The van der Waals surface area contributed by atoms with Crippen molar-refractivity contribution in [2.75, 3.05) is 7.05 Å². The number of nitrogens with zero attached hydrogens (tertiary/aromatic N) is 1. The van der Waals surface area contributed by atoms with Crippen LogP contribution in [-0.4, -0.2) is 45.6 Å². The summed E-state index contributed by atoms with van der Waals surface area (Å²) in [6.07, 6.45) is -2.72. The van der Waals surface area contributed by atoms with Crippen LogP contribution >= 0.6 is 0 Å². The molecule has 5 atom stereocenters. The van der Waals surface area contributed by atoms with Gasteiger partial charge in [-0.25, -0.2) is 0 Å². The smallest absolute Gasteiger partial charge is 0.134 e. The van der Waals surface area contributed by atoms with Gasteiger partial charge in [-0.15, -0.1) is 0 Å². The van der Waals surface area contributed by atoms with Gasteiger partial charge in [0, 0.05) is 5.92 Å². The molecule has 1 saturated heterocycles. The highest BCUT2D eigenvalue weighted by atomic mass is 16.4. The van der Waals surface area contributed by atoms with Crippen LogP contribution in [0.15, 0.2) is 60.7 Å². The van der Waals surface area contributed by atoms with E-state index in [-0.39, 0.29) is 5.92 Å². The number of hydrogen-bond donors (Lipinski definition) is 3. The summed E-state index contributed by atoms with van der Waals surface area (Å²) in [5, 5.41) is 31.5. The van der Waals surface area contributed by atoms with Gasteiger partial charge in [-0.05, 0) is 18.2 Å². The lowest BCUT2D eigenvalue weighted by molar-refractivity contribution is -0.0436. The van der Waals surface area contributed by atoms with E-state index in [4.69, 9.17) is 0 Å². The van der Waals surface area contributed by atoms with E-state index in [2.05, 4.69) is 0 Å². The monoisotopic (exact) mass is 299 g/mol. The predicted molar refractivity (Wildman–Crippen MR) is 84.1 cm³/mol. The van der Waals surface area contributed by atoms with E-state index in [1.54, 1.807) is 11.9 Å². The van der Waals surface area contributed by atoms with Crippen LogP contribution in [-0.2, 0) is 0 Å². The maximum atomic E-state index is 10.8. The summed E-state index contributed by atoms with van der Waals surface area (Å²) in [5.41, 5.74) is 1.69. The summed E-state index contributed by atoms with van der Waals surface area (Å²) in [7, 11) is 1.73. The van der Waals surface area contributed by atoms with Crippen molar-refractivity contribution in [2.45, 2.75) is 30.4 Å². The Morgan fingerprint density at radius 1 is 0.909 bits per heavy atom. The van der Waals surface area contributed by atoms with E-state index in [1.807, 2.05) is 60.7 Å². The lowest BCUT2D eigenvalue weighted by Crippen LogP contribution is -2.38. The molecule has 1 unspecified atom stereocenters. The predicted octanol–water partition coefficient (Wildman–Crippen LogP) is 1.50. The number of hydrogen-bond acceptors (Lipinski definition) is 4. The van der Waals surface area contributed by atoms with Gasteiger partial charge in [-0.2, -0.15) is 0 Å². The van der Waals surface area contributed by atoms with Gasteiger partial charge in [0.15, 0.2) is 0 Å². The number of likely N-dealkylation sites (tertiary alicyclic amines) is 1. The van der Waals surface area contributed by atoms with E-state index < -0.39 is 24.5 Å². The molecule has 1 aliphatic rings.